The highest BCUT2D eigenvalue weighted by molar-refractivity contribution is 6.08. The molecule has 0 atom stereocenters. The summed E-state index contributed by atoms with van der Waals surface area (Å²) >= 11 is 0. The highest BCUT2D eigenvalue weighted by atomic mass is 16.3. The molecule has 2 aromatic rings. The van der Waals surface area contributed by atoms with E-state index in [1.807, 2.05) is 0 Å². The fraction of sp³-hybridized carbons (Fsp3) is 0.250. The first-order valence-electron chi connectivity index (χ1n) is 4.96. The number of carbonyl (C=O) groups excluding carboxylic acids is 2. The Balaban J connectivity index is 2.38. The molecule has 0 radical (unpaired) electrons. The standard InChI is InChI=1S/C12H11NO3/c1-7(14)5-11(15)9-3-4-10-12(6-9)16-8(2)13-10/h3-4,6H,5H2,1-2H3. The number of fused-ring (bicyclic) bond motifs is 1. The highest BCUT2D eigenvalue weighted by Crippen LogP contribution is 2.17. The minimum atomic E-state index is -0.191. The average molecular weight is 217 g/mol. The lowest BCUT2D eigenvalue weighted by molar-refractivity contribution is -0.116. The number of aryl methyl sites for hydroxylation is 1. The summed E-state index contributed by atoms with van der Waals surface area (Å²) in [6.07, 6.45) is -0.0708. The summed E-state index contributed by atoms with van der Waals surface area (Å²) in [6, 6.07) is 5.01. The minimum absolute atomic E-state index is 0.0708. The zero-order valence-corrected chi connectivity index (χ0v) is 9.11. The van der Waals surface area contributed by atoms with Crippen LogP contribution in [0.3, 0.4) is 0 Å². The number of ketones is 2. The second kappa shape index (κ2) is 3.89. The third-order valence-electron chi connectivity index (χ3n) is 2.23. The predicted octanol–water partition coefficient (Wildman–Crippen LogP) is 2.30. The second-order valence-electron chi connectivity index (χ2n) is 3.72. The normalized spacial score (nSPS) is 10.6. The molecule has 16 heavy (non-hydrogen) atoms. The number of nitrogens with zero attached hydrogens (tertiary/aromatic N) is 1. The first kappa shape index (κ1) is 10.5. The molecule has 2 rings (SSSR count). The van der Waals surface area contributed by atoms with Crippen molar-refractivity contribution >= 4 is 22.7 Å². The maximum Gasteiger partial charge on any atom is 0.192 e. The molecular formula is C12H11NO3. The molecule has 0 saturated carbocycles. The lowest BCUT2D eigenvalue weighted by atomic mass is 10.1. The third-order valence-corrected chi connectivity index (χ3v) is 2.23. The molecule has 4 heteroatoms. The van der Waals surface area contributed by atoms with Gasteiger partial charge in [0.05, 0.1) is 6.42 Å². The molecule has 0 bridgehead atoms. The summed E-state index contributed by atoms with van der Waals surface area (Å²) in [5.41, 5.74) is 1.78. The van der Waals surface area contributed by atoms with E-state index in [9.17, 15) is 9.59 Å². The van der Waals surface area contributed by atoms with Gasteiger partial charge in [0.2, 0.25) is 0 Å². The van der Waals surface area contributed by atoms with Crippen molar-refractivity contribution in [3.63, 3.8) is 0 Å². The molecule has 1 aromatic heterocycles. The third kappa shape index (κ3) is 2.00. The summed E-state index contributed by atoms with van der Waals surface area (Å²) in [5.74, 6) is 0.230. The van der Waals surface area contributed by atoms with E-state index in [1.54, 1.807) is 25.1 Å². The number of hydrogen-bond donors (Lipinski definition) is 0. The number of Topliss-reactive ketones (excluding diaryl/α,β-unsaturated/α-hetero) is 2. The van der Waals surface area contributed by atoms with E-state index in [2.05, 4.69) is 4.98 Å². The van der Waals surface area contributed by atoms with Crippen LogP contribution < -0.4 is 0 Å². The fourth-order valence-corrected chi connectivity index (χ4v) is 1.54. The summed E-state index contributed by atoms with van der Waals surface area (Å²) in [5, 5.41) is 0. The van der Waals surface area contributed by atoms with Crippen LogP contribution in [0.4, 0.5) is 0 Å². The maximum absolute atomic E-state index is 11.6. The van der Waals surface area contributed by atoms with E-state index < -0.39 is 0 Å². The molecule has 4 nitrogen and oxygen atoms in total. The van der Waals surface area contributed by atoms with Gasteiger partial charge in [0.1, 0.15) is 11.3 Å². The van der Waals surface area contributed by atoms with E-state index >= 15 is 0 Å². The lowest BCUT2D eigenvalue weighted by Crippen LogP contribution is -2.04. The van der Waals surface area contributed by atoms with Crippen LogP contribution in [0, 0.1) is 6.92 Å². The van der Waals surface area contributed by atoms with Gasteiger partial charge in [0.25, 0.3) is 0 Å². The quantitative estimate of drug-likeness (QED) is 0.584. The molecule has 0 amide bonds. The van der Waals surface area contributed by atoms with Gasteiger partial charge in [-0.25, -0.2) is 4.98 Å². The van der Waals surface area contributed by atoms with Crippen molar-refractivity contribution in [1.82, 2.24) is 4.98 Å². The van der Waals surface area contributed by atoms with Gasteiger partial charge in [-0.05, 0) is 25.1 Å². The molecular weight excluding hydrogens is 206 g/mol. The summed E-state index contributed by atoms with van der Waals surface area (Å²) in [6.45, 7) is 3.14. The molecule has 0 spiro atoms. The zero-order chi connectivity index (χ0) is 11.7. The highest BCUT2D eigenvalue weighted by Gasteiger charge is 2.11. The van der Waals surface area contributed by atoms with Gasteiger partial charge < -0.3 is 4.42 Å². The Hall–Kier alpha value is -1.97. The van der Waals surface area contributed by atoms with E-state index in [1.165, 1.54) is 6.92 Å². The van der Waals surface area contributed by atoms with Crippen LogP contribution in [-0.4, -0.2) is 16.6 Å². The van der Waals surface area contributed by atoms with Crippen molar-refractivity contribution < 1.29 is 14.0 Å². The van der Waals surface area contributed by atoms with Gasteiger partial charge in [0.15, 0.2) is 17.3 Å². The van der Waals surface area contributed by atoms with Gasteiger partial charge in [-0.15, -0.1) is 0 Å². The Kier molecular flexibility index (Phi) is 2.56. The van der Waals surface area contributed by atoms with Crippen molar-refractivity contribution in [2.45, 2.75) is 20.3 Å². The maximum atomic E-state index is 11.6. The minimum Gasteiger partial charge on any atom is -0.441 e. The number of aromatic nitrogens is 1. The van der Waals surface area contributed by atoms with E-state index in [0.717, 1.165) is 5.52 Å². The first-order chi connectivity index (χ1) is 7.56. The predicted molar refractivity (Wildman–Crippen MR) is 58.4 cm³/mol. The number of benzene rings is 1. The van der Waals surface area contributed by atoms with Crippen molar-refractivity contribution in [3.8, 4) is 0 Å². The second-order valence-corrected chi connectivity index (χ2v) is 3.72. The Labute approximate surface area is 92.3 Å². The SMILES string of the molecule is CC(=O)CC(=O)c1ccc2nc(C)oc2c1. The first-order valence-corrected chi connectivity index (χ1v) is 4.96. The number of carbonyl (C=O) groups is 2. The van der Waals surface area contributed by atoms with Crippen LogP contribution in [0.15, 0.2) is 22.6 Å². The molecule has 0 N–H and O–H groups in total. The monoisotopic (exact) mass is 217 g/mol. The molecule has 0 fully saturated rings. The number of rotatable bonds is 3. The average Bonchev–Trinajstić information content (AvgIpc) is 2.55. The van der Waals surface area contributed by atoms with Crippen LogP contribution in [0.1, 0.15) is 29.6 Å². The lowest BCUT2D eigenvalue weighted by Gasteiger charge is -1.97. The molecule has 0 saturated heterocycles. The molecule has 1 aromatic carbocycles. The van der Waals surface area contributed by atoms with Gasteiger partial charge in [0, 0.05) is 12.5 Å². The van der Waals surface area contributed by atoms with Gasteiger partial charge in [-0.2, -0.15) is 0 Å². The van der Waals surface area contributed by atoms with Crippen molar-refractivity contribution in [1.29, 1.82) is 0 Å². The summed E-state index contributed by atoms with van der Waals surface area (Å²) in [4.78, 5) is 26.6. The molecule has 1 heterocycles. The van der Waals surface area contributed by atoms with Gasteiger partial charge >= 0.3 is 0 Å². The Morgan fingerprint density at radius 3 is 2.81 bits per heavy atom. The molecule has 0 aliphatic heterocycles. The molecule has 82 valence electrons. The van der Waals surface area contributed by atoms with Crippen molar-refractivity contribution in [2.75, 3.05) is 0 Å². The zero-order valence-electron chi connectivity index (χ0n) is 9.11. The smallest absolute Gasteiger partial charge is 0.192 e. The summed E-state index contributed by atoms with van der Waals surface area (Å²) in [7, 11) is 0. The van der Waals surface area contributed by atoms with E-state index in [4.69, 9.17) is 4.42 Å². The van der Waals surface area contributed by atoms with Gasteiger partial charge in [-0.3, -0.25) is 9.59 Å². The molecule has 0 unspecified atom stereocenters. The van der Waals surface area contributed by atoms with Crippen LogP contribution in [0.5, 0.6) is 0 Å². The van der Waals surface area contributed by atoms with Crippen LogP contribution in [0.25, 0.3) is 11.1 Å². The van der Waals surface area contributed by atoms with Crippen LogP contribution >= 0.6 is 0 Å². The largest absolute Gasteiger partial charge is 0.441 e. The van der Waals surface area contributed by atoms with Crippen molar-refractivity contribution in [3.05, 3.63) is 29.7 Å². The Morgan fingerprint density at radius 2 is 2.12 bits per heavy atom. The molecule has 0 aliphatic carbocycles. The van der Waals surface area contributed by atoms with Gasteiger partial charge in [-0.1, -0.05) is 0 Å². The number of hydrogen-bond acceptors (Lipinski definition) is 4. The number of oxazole rings is 1. The van der Waals surface area contributed by atoms with Crippen LogP contribution in [-0.2, 0) is 4.79 Å². The van der Waals surface area contributed by atoms with E-state index in [0.29, 0.717) is 17.0 Å². The Bertz CT molecular complexity index is 569. The topological polar surface area (TPSA) is 60.2 Å². The fourth-order valence-electron chi connectivity index (χ4n) is 1.54. The van der Waals surface area contributed by atoms with Crippen molar-refractivity contribution in [2.24, 2.45) is 0 Å². The van der Waals surface area contributed by atoms with E-state index in [-0.39, 0.29) is 18.0 Å². The molecule has 0 aliphatic rings. The Morgan fingerprint density at radius 1 is 1.38 bits per heavy atom. The summed E-state index contributed by atoms with van der Waals surface area (Å²) < 4.78 is 5.32. The van der Waals surface area contributed by atoms with Crippen LogP contribution in [0.2, 0.25) is 0 Å².